The van der Waals surface area contributed by atoms with Crippen molar-refractivity contribution in [3.8, 4) is 0 Å². The number of unbranched alkanes of at least 4 members (excludes halogenated alkanes) is 6. The van der Waals surface area contributed by atoms with E-state index in [-0.39, 0.29) is 0 Å². The minimum absolute atomic E-state index is 0.802. The molecule has 1 nitrogen and oxygen atoms in total. The summed E-state index contributed by atoms with van der Waals surface area (Å²) in [4.78, 5) is 9.98. The lowest BCUT2D eigenvalue weighted by atomic mass is 10.1. The van der Waals surface area contributed by atoms with Crippen LogP contribution in [-0.2, 0) is 4.79 Å². The third-order valence-corrected chi connectivity index (χ3v) is 2.55. The summed E-state index contributed by atoms with van der Waals surface area (Å²) in [6.45, 7) is 2.21. The molecule has 96 valence electrons. The molecule has 0 aromatic carbocycles. The molecular formula is C16H26O. The summed E-state index contributed by atoms with van der Waals surface area (Å²) in [5.74, 6) is 0. The van der Waals surface area contributed by atoms with Gasteiger partial charge in [-0.05, 0) is 38.2 Å². The zero-order chi connectivity index (χ0) is 12.6. The fourth-order valence-electron chi connectivity index (χ4n) is 1.56. The van der Waals surface area contributed by atoms with Crippen molar-refractivity contribution in [1.82, 2.24) is 0 Å². The van der Waals surface area contributed by atoms with E-state index >= 15 is 0 Å². The summed E-state index contributed by atoms with van der Waals surface area (Å²) < 4.78 is 0. The molecule has 0 N–H and O–H groups in total. The largest absolute Gasteiger partial charge is 0.299 e. The van der Waals surface area contributed by atoms with E-state index in [4.69, 9.17) is 0 Å². The highest BCUT2D eigenvalue weighted by molar-refractivity contribution is 5.65. The number of hydrogen-bond acceptors (Lipinski definition) is 1. The van der Waals surface area contributed by atoms with E-state index in [9.17, 15) is 4.79 Å². The molecule has 0 rings (SSSR count). The van der Waals surface area contributed by atoms with Gasteiger partial charge in [-0.2, -0.15) is 0 Å². The quantitative estimate of drug-likeness (QED) is 0.162. The topological polar surface area (TPSA) is 17.1 Å². The molecule has 0 saturated carbocycles. The number of carbonyl (C=O) groups is 1. The zero-order valence-corrected chi connectivity index (χ0v) is 11.1. The van der Waals surface area contributed by atoms with Crippen LogP contribution in [0.3, 0.4) is 0 Å². The summed E-state index contributed by atoms with van der Waals surface area (Å²) >= 11 is 0. The second-order valence-electron chi connectivity index (χ2n) is 4.20. The molecule has 0 spiro atoms. The highest BCUT2D eigenvalue weighted by Gasteiger charge is 1.87. The molecule has 0 amide bonds. The third-order valence-electron chi connectivity index (χ3n) is 2.55. The van der Waals surface area contributed by atoms with Crippen molar-refractivity contribution in [3.05, 3.63) is 36.5 Å². The first kappa shape index (κ1) is 15.9. The van der Waals surface area contributed by atoms with Crippen LogP contribution >= 0.6 is 0 Å². The Labute approximate surface area is 106 Å². The summed E-state index contributed by atoms with van der Waals surface area (Å²) in [5.41, 5.74) is 0. The van der Waals surface area contributed by atoms with Gasteiger partial charge < -0.3 is 0 Å². The standard InChI is InChI=1S/C16H26O/c1-2-3-4-5-6-7-8-9-10-11-12-13-14-15-16-17/h4-5,12-16H,2-3,6-11H2,1H3. The van der Waals surface area contributed by atoms with Gasteiger partial charge in [-0.3, -0.25) is 4.79 Å². The van der Waals surface area contributed by atoms with Crippen LogP contribution < -0.4 is 0 Å². The number of rotatable bonds is 11. The average Bonchev–Trinajstić information content (AvgIpc) is 2.35. The third kappa shape index (κ3) is 14.9. The fourth-order valence-corrected chi connectivity index (χ4v) is 1.56. The summed E-state index contributed by atoms with van der Waals surface area (Å²) in [7, 11) is 0. The van der Waals surface area contributed by atoms with Crippen LogP contribution in [0.1, 0.15) is 58.3 Å². The van der Waals surface area contributed by atoms with E-state index < -0.39 is 0 Å². The molecule has 0 bridgehead atoms. The van der Waals surface area contributed by atoms with Crippen molar-refractivity contribution in [2.75, 3.05) is 0 Å². The molecule has 1 heteroatoms. The van der Waals surface area contributed by atoms with E-state index in [1.54, 1.807) is 6.08 Å². The smallest absolute Gasteiger partial charge is 0.142 e. The molecule has 0 aromatic rings. The van der Waals surface area contributed by atoms with Gasteiger partial charge in [-0.25, -0.2) is 0 Å². The Morgan fingerprint density at radius 2 is 1.35 bits per heavy atom. The molecule has 0 heterocycles. The first-order valence-corrected chi connectivity index (χ1v) is 6.83. The zero-order valence-electron chi connectivity index (χ0n) is 11.1. The number of hydrogen-bond donors (Lipinski definition) is 0. The number of aldehydes is 1. The molecule has 0 unspecified atom stereocenters. The second kappa shape index (κ2) is 14.9. The van der Waals surface area contributed by atoms with Gasteiger partial charge in [-0.15, -0.1) is 0 Å². The van der Waals surface area contributed by atoms with Crippen LogP contribution in [0.15, 0.2) is 36.5 Å². The van der Waals surface area contributed by atoms with Crippen molar-refractivity contribution in [3.63, 3.8) is 0 Å². The van der Waals surface area contributed by atoms with Crippen molar-refractivity contribution in [2.24, 2.45) is 0 Å². The lowest BCUT2D eigenvalue weighted by molar-refractivity contribution is -0.104. The maximum absolute atomic E-state index is 9.98. The first-order chi connectivity index (χ1) is 8.41. The SMILES string of the molecule is CCCC=CCCCCCCC=CC=CC=O. The Balaban J connectivity index is 3.15. The summed E-state index contributed by atoms with van der Waals surface area (Å²) in [5, 5.41) is 0. The Hall–Kier alpha value is -1.11. The van der Waals surface area contributed by atoms with Crippen molar-refractivity contribution in [1.29, 1.82) is 0 Å². The average molecular weight is 234 g/mol. The van der Waals surface area contributed by atoms with Crippen molar-refractivity contribution in [2.45, 2.75) is 58.3 Å². The van der Waals surface area contributed by atoms with Crippen LogP contribution in [0.5, 0.6) is 0 Å². The minimum atomic E-state index is 0.802. The normalized spacial score (nSPS) is 12.1. The molecule has 0 aliphatic rings. The Morgan fingerprint density at radius 1 is 0.706 bits per heavy atom. The summed E-state index contributed by atoms with van der Waals surface area (Å²) in [6.07, 6.45) is 22.8. The maximum Gasteiger partial charge on any atom is 0.142 e. The van der Waals surface area contributed by atoms with Crippen LogP contribution in [0.4, 0.5) is 0 Å². The molecule has 0 fully saturated rings. The minimum Gasteiger partial charge on any atom is -0.299 e. The Kier molecular flexibility index (Phi) is 13.9. The van der Waals surface area contributed by atoms with Crippen molar-refractivity contribution < 1.29 is 4.79 Å². The van der Waals surface area contributed by atoms with Crippen LogP contribution in [-0.4, -0.2) is 6.29 Å². The van der Waals surface area contributed by atoms with Gasteiger partial charge in [0.2, 0.25) is 0 Å². The molecule has 0 aromatic heterocycles. The van der Waals surface area contributed by atoms with Crippen LogP contribution in [0, 0.1) is 0 Å². The lowest BCUT2D eigenvalue weighted by Gasteiger charge is -1.96. The van der Waals surface area contributed by atoms with E-state index in [1.807, 2.05) is 6.08 Å². The predicted molar refractivity (Wildman–Crippen MR) is 76.1 cm³/mol. The number of carbonyl (C=O) groups excluding carboxylic acids is 1. The van der Waals surface area contributed by atoms with Gasteiger partial charge in [0, 0.05) is 0 Å². The molecular weight excluding hydrogens is 208 g/mol. The molecule has 0 saturated heterocycles. The van der Waals surface area contributed by atoms with Gasteiger partial charge in [0.25, 0.3) is 0 Å². The van der Waals surface area contributed by atoms with E-state index in [1.165, 1.54) is 51.0 Å². The van der Waals surface area contributed by atoms with Gasteiger partial charge in [0.05, 0.1) is 0 Å². The molecule has 0 radical (unpaired) electrons. The summed E-state index contributed by atoms with van der Waals surface area (Å²) in [6, 6.07) is 0. The Morgan fingerprint density at radius 3 is 2.00 bits per heavy atom. The van der Waals surface area contributed by atoms with E-state index in [2.05, 4.69) is 25.2 Å². The lowest BCUT2D eigenvalue weighted by Crippen LogP contribution is -1.76. The molecule has 0 aliphatic carbocycles. The van der Waals surface area contributed by atoms with Crippen molar-refractivity contribution >= 4 is 6.29 Å². The van der Waals surface area contributed by atoms with Gasteiger partial charge in [0.1, 0.15) is 6.29 Å². The van der Waals surface area contributed by atoms with Gasteiger partial charge in [-0.1, -0.05) is 56.6 Å². The fraction of sp³-hybridized carbons (Fsp3) is 0.562. The second-order valence-corrected chi connectivity index (χ2v) is 4.20. The molecule has 0 atom stereocenters. The van der Waals surface area contributed by atoms with E-state index in [0.29, 0.717) is 0 Å². The van der Waals surface area contributed by atoms with Gasteiger partial charge in [0.15, 0.2) is 0 Å². The van der Waals surface area contributed by atoms with Crippen LogP contribution in [0.2, 0.25) is 0 Å². The van der Waals surface area contributed by atoms with Gasteiger partial charge >= 0.3 is 0 Å². The predicted octanol–water partition coefficient (Wildman–Crippen LogP) is 4.99. The van der Waals surface area contributed by atoms with Crippen LogP contribution in [0.25, 0.3) is 0 Å². The highest BCUT2D eigenvalue weighted by atomic mass is 16.1. The van der Waals surface area contributed by atoms with E-state index in [0.717, 1.165) is 12.7 Å². The highest BCUT2D eigenvalue weighted by Crippen LogP contribution is 2.06. The number of allylic oxidation sites excluding steroid dienone is 6. The molecule has 17 heavy (non-hydrogen) atoms. The molecule has 0 aliphatic heterocycles. The Bertz CT molecular complexity index is 236. The maximum atomic E-state index is 9.98. The first-order valence-electron chi connectivity index (χ1n) is 6.83. The monoisotopic (exact) mass is 234 g/mol.